The Morgan fingerprint density at radius 1 is 1.04 bits per heavy atom. The standard InChI is InChI=1S/C24H32N2O2/c1-19-4-6-20(7-5-19)12-17-26(22-13-15-25(2)16-14-22)24(27)18-21-8-10-23(28-3)11-9-21/h4-11,22H,12-18H2,1-3H3. The van der Waals surface area contributed by atoms with Crippen molar-refractivity contribution in [3.8, 4) is 5.75 Å². The van der Waals surface area contributed by atoms with E-state index in [9.17, 15) is 4.79 Å². The van der Waals surface area contributed by atoms with Crippen LogP contribution in [0.15, 0.2) is 48.5 Å². The van der Waals surface area contributed by atoms with Crippen molar-refractivity contribution in [2.45, 2.75) is 38.6 Å². The molecule has 1 aliphatic rings. The Kier molecular flexibility index (Phi) is 7.10. The van der Waals surface area contributed by atoms with Gasteiger partial charge in [-0.25, -0.2) is 0 Å². The highest BCUT2D eigenvalue weighted by atomic mass is 16.5. The van der Waals surface area contributed by atoms with Gasteiger partial charge in [-0.1, -0.05) is 42.0 Å². The lowest BCUT2D eigenvalue weighted by Crippen LogP contribution is -2.47. The van der Waals surface area contributed by atoms with Crippen molar-refractivity contribution >= 4 is 5.91 Å². The maximum absolute atomic E-state index is 13.2. The summed E-state index contributed by atoms with van der Waals surface area (Å²) in [5, 5.41) is 0. The average Bonchev–Trinajstić information content (AvgIpc) is 2.71. The molecule has 4 heteroatoms. The van der Waals surface area contributed by atoms with Crippen molar-refractivity contribution in [1.82, 2.24) is 9.80 Å². The quantitative estimate of drug-likeness (QED) is 0.734. The molecule has 150 valence electrons. The first-order chi connectivity index (χ1) is 13.5. The second kappa shape index (κ2) is 9.74. The number of methoxy groups -OCH3 is 1. The van der Waals surface area contributed by atoms with Gasteiger partial charge >= 0.3 is 0 Å². The number of rotatable bonds is 7. The maximum Gasteiger partial charge on any atom is 0.227 e. The number of carbonyl (C=O) groups excluding carboxylic acids is 1. The van der Waals surface area contributed by atoms with Crippen molar-refractivity contribution in [3.63, 3.8) is 0 Å². The minimum atomic E-state index is 0.229. The Morgan fingerprint density at radius 3 is 2.25 bits per heavy atom. The number of hydrogen-bond donors (Lipinski definition) is 0. The number of likely N-dealkylation sites (tertiary alicyclic amines) is 1. The molecule has 0 aromatic heterocycles. The van der Waals surface area contributed by atoms with Gasteiger partial charge in [-0.2, -0.15) is 0 Å². The molecule has 2 aromatic rings. The van der Waals surface area contributed by atoms with Gasteiger partial charge in [-0.3, -0.25) is 4.79 Å². The van der Waals surface area contributed by atoms with Crippen LogP contribution in [0.1, 0.15) is 29.5 Å². The molecule has 0 spiro atoms. The van der Waals surface area contributed by atoms with E-state index < -0.39 is 0 Å². The third kappa shape index (κ3) is 5.59. The van der Waals surface area contributed by atoms with Gasteiger partial charge in [0.15, 0.2) is 0 Å². The summed E-state index contributed by atoms with van der Waals surface area (Å²) in [5.41, 5.74) is 3.60. The van der Waals surface area contributed by atoms with Crippen LogP contribution in [-0.4, -0.2) is 55.5 Å². The Balaban J connectivity index is 1.68. The lowest BCUT2D eigenvalue weighted by molar-refractivity contribution is -0.133. The van der Waals surface area contributed by atoms with Crippen LogP contribution in [0.5, 0.6) is 5.75 Å². The molecular formula is C24H32N2O2. The van der Waals surface area contributed by atoms with Gasteiger partial charge in [-0.05, 0) is 69.6 Å². The first-order valence-corrected chi connectivity index (χ1v) is 10.2. The van der Waals surface area contributed by atoms with Crippen LogP contribution in [-0.2, 0) is 17.6 Å². The topological polar surface area (TPSA) is 32.8 Å². The molecule has 0 saturated carbocycles. The van der Waals surface area contributed by atoms with E-state index in [4.69, 9.17) is 4.74 Å². The zero-order chi connectivity index (χ0) is 19.9. The molecule has 1 heterocycles. The van der Waals surface area contributed by atoms with E-state index in [2.05, 4.69) is 48.0 Å². The SMILES string of the molecule is COc1ccc(CC(=O)N(CCc2ccc(C)cc2)C2CCN(C)CC2)cc1. The molecule has 0 aliphatic carbocycles. The first kappa shape index (κ1) is 20.4. The third-order valence-corrected chi connectivity index (χ3v) is 5.73. The highest BCUT2D eigenvalue weighted by Crippen LogP contribution is 2.19. The van der Waals surface area contributed by atoms with Gasteiger partial charge in [0.2, 0.25) is 5.91 Å². The van der Waals surface area contributed by atoms with Crippen LogP contribution in [0.2, 0.25) is 0 Å². The van der Waals surface area contributed by atoms with E-state index in [1.165, 1.54) is 11.1 Å². The van der Waals surface area contributed by atoms with E-state index in [1.54, 1.807) is 7.11 Å². The van der Waals surface area contributed by atoms with Crippen LogP contribution in [0.3, 0.4) is 0 Å². The average molecular weight is 381 g/mol. The number of carbonyl (C=O) groups is 1. The normalized spacial score (nSPS) is 15.4. The molecular weight excluding hydrogens is 348 g/mol. The number of amides is 1. The van der Waals surface area contributed by atoms with E-state index >= 15 is 0 Å². The molecule has 0 N–H and O–H groups in total. The lowest BCUT2D eigenvalue weighted by Gasteiger charge is -2.37. The highest BCUT2D eigenvalue weighted by molar-refractivity contribution is 5.79. The lowest BCUT2D eigenvalue weighted by atomic mass is 10.0. The summed E-state index contributed by atoms with van der Waals surface area (Å²) in [4.78, 5) is 17.7. The number of hydrogen-bond acceptors (Lipinski definition) is 3. The molecule has 28 heavy (non-hydrogen) atoms. The minimum Gasteiger partial charge on any atom is -0.497 e. The molecule has 0 unspecified atom stereocenters. The Bertz CT molecular complexity index is 747. The van der Waals surface area contributed by atoms with E-state index in [0.717, 1.165) is 50.2 Å². The van der Waals surface area contributed by atoms with E-state index in [-0.39, 0.29) is 5.91 Å². The van der Waals surface area contributed by atoms with Gasteiger partial charge < -0.3 is 14.5 Å². The molecule has 2 aromatic carbocycles. The van der Waals surface area contributed by atoms with Crippen molar-refractivity contribution in [2.75, 3.05) is 33.8 Å². The van der Waals surface area contributed by atoms with Gasteiger partial charge in [-0.15, -0.1) is 0 Å². The van der Waals surface area contributed by atoms with E-state index in [1.807, 2.05) is 24.3 Å². The number of piperidine rings is 1. The van der Waals surface area contributed by atoms with Crippen LogP contribution in [0.25, 0.3) is 0 Å². The molecule has 0 radical (unpaired) electrons. The molecule has 4 nitrogen and oxygen atoms in total. The highest BCUT2D eigenvalue weighted by Gasteiger charge is 2.26. The Labute approximate surface area is 169 Å². The number of nitrogens with zero attached hydrogens (tertiary/aromatic N) is 2. The molecule has 3 rings (SSSR count). The molecule has 1 amide bonds. The fraction of sp³-hybridized carbons (Fsp3) is 0.458. The van der Waals surface area contributed by atoms with Gasteiger partial charge in [0.25, 0.3) is 0 Å². The van der Waals surface area contributed by atoms with Crippen LogP contribution in [0, 0.1) is 6.92 Å². The zero-order valence-corrected chi connectivity index (χ0v) is 17.4. The summed E-state index contributed by atoms with van der Waals surface area (Å²) in [6, 6.07) is 16.8. The van der Waals surface area contributed by atoms with Gasteiger partial charge in [0.05, 0.1) is 13.5 Å². The molecule has 1 aliphatic heterocycles. The molecule has 0 bridgehead atoms. The number of ether oxygens (including phenoxy) is 1. The maximum atomic E-state index is 13.2. The van der Waals surface area contributed by atoms with Gasteiger partial charge in [0, 0.05) is 12.6 Å². The van der Waals surface area contributed by atoms with Gasteiger partial charge in [0.1, 0.15) is 5.75 Å². The smallest absolute Gasteiger partial charge is 0.227 e. The molecule has 1 saturated heterocycles. The van der Waals surface area contributed by atoms with Crippen LogP contribution < -0.4 is 4.74 Å². The summed E-state index contributed by atoms with van der Waals surface area (Å²) < 4.78 is 5.22. The van der Waals surface area contributed by atoms with Crippen LogP contribution >= 0.6 is 0 Å². The predicted octanol–water partition coefficient (Wildman–Crippen LogP) is 3.71. The van der Waals surface area contributed by atoms with Crippen LogP contribution in [0.4, 0.5) is 0 Å². The Morgan fingerprint density at radius 2 is 1.64 bits per heavy atom. The first-order valence-electron chi connectivity index (χ1n) is 10.2. The summed E-state index contributed by atoms with van der Waals surface area (Å²) in [5.74, 6) is 1.05. The van der Waals surface area contributed by atoms with Crippen molar-refractivity contribution < 1.29 is 9.53 Å². The van der Waals surface area contributed by atoms with E-state index in [0.29, 0.717) is 12.5 Å². The summed E-state index contributed by atoms with van der Waals surface area (Å²) in [6.45, 7) is 5.00. The minimum absolute atomic E-state index is 0.229. The second-order valence-electron chi connectivity index (χ2n) is 7.88. The monoisotopic (exact) mass is 380 g/mol. The Hall–Kier alpha value is -2.33. The van der Waals surface area contributed by atoms with Crippen molar-refractivity contribution in [3.05, 3.63) is 65.2 Å². The fourth-order valence-corrected chi connectivity index (χ4v) is 3.84. The summed E-state index contributed by atoms with van der Waals surface area (Å²) in [6.07, 6.45) is 3.46. The fourth-order valence-electron chi connectivity index (χ4n) is 3.84. The number of aryl methyl sites for hydroxylation is 1. The summed E-state index contributed by atoms with van der Waals surface area (Å²) in [7, 11) is 3.82. The summed E-state index contributed by atoms with van der Waals surface area (Å²) >= 11 is 0. The molecule has 1 fully saturated rings. The predicted molar refractivity (Wildman–Crippen MR) is 114 cm³/mol. The van der Waals surface area contributed by atoms with Crippen molar-refractivity contribution in [1.29, 1.82) is 0 Å². The third-order valence-electron chi connectivity index (χ3n) is 5.73. The largest absolute Gasteiger partial charge is 0.497 e. The zero-order valence-electron chi connectivity index (χ0n) is 17.4. The second-order valence-corrected chi connectivity index (χ2v) is 7.88. The number of benzene rings is 2. The van der Waals surface area contributed by atoms with Crippen molar-refractivity contribution in [2.24, 2.45) is 0 Å². The molecule has 0 atom stereocenters.